The van der Waals surface area contributed by atoms with Crippen molar-refractivity contribution in [1.82, 2.24) is 14.8 Å². The third kappa shape index (κ3) is 6.54. The van der Waals surface area contributed by atoms with Crippen molar-refractivity contribution >= 4 is 27.3 Å². The Labute approximate surface area is 268 Å². The molecule has 2 fully saturated rings. The maximum Gasteiger partial charge on any atom is 0.253 e. The molecule has 0 unspecified atom stereocenters. The van der Waals surface area contributed by atoms with Crippen molar-refractivity contribution in [3.05, 3.63) is 40.5 Å². The van der Waals surface area contributed by atoms with Crippen molar-refractivity contribution in [2.24, 2.45) is 17.1 Å². The quantitative estimate of drug-likeness (QED) is 0.385. The van der Waals surface area contributed by atoms with E-state index < -0.39 is 32.9 Å². The number of primary amides is 1. The van der Waals surface area contributed by atoms with Gasteiger partial charge in [-0.1, -0.05) is 13.8 Å². The van der Waals surface area contributed by atoms with Gasteiger partial charge in [0.05, 0.1) is 27.6 Å². The van der Waals surface area contributed by atoms with Gasteiger partial charge in [0.2, 0.25) is 5.91 Å². The van der Waals surface area contributed by atoms with Crippen molar-refractivity contribution in [3.8, 4) is 5.69 Å². The monoisotopic (exact) mass is 663 g/mol. The van der Waals surface area contributed by atoms with E-state index in [9.17, 15) is 26.8 Å². The minimum absolute atomic E-state index is 0.0595. The van der Waals surface area contributed by atoms with Gasteiger partial charge in [0.25, 0.3) is 11.8 Å². The summed E-state index contributed by atoms with van der Waals surface area (Å²) in [6.07, 6.45) is 4.79. The number of aromatic nitrogens is 1. The zero-order valence-electron chi connectivity index (χ0n) is 26.6. The molecule has 6 rings (SSSR count). The predicted molar refractivity (Wildman–Crippen MR) is 169 cm³/mol. The first-order valence-electron chi connectivity index (χ1n) is 16.4. The zero-order valence-corrected chi connectivity index (χ0v) is 27.4. The molecule has 9 nitrogen and oxygen atoms in total. The molecule has 1 saturated heterocycles. The number of fused-ring (bicyclic) bond motifs is 3. The molecular formula is C33H44F3N5O4S. The van der Waals surface area contributed by atoms with Gasteiger partial charge in [0.1, 0.15) is 5.82 Å². The smallest absolute Gasteiger partial charge is 0.253 e. The van der Waals surface area contributed by atoms with Gasteiger partial charge >= 0.3 is 0 Å². The number of halogens is 3. The summed E-state index contributed by atoms with van der Waals surface area (Å²) < 4.78 is 71.3. The van der Waals surface area contributed by atoms with Crippen LogP contribution in [0.25, 0.3) is 5.69 Å². The lowest BCUT2D eigenvalue weighted by Gasteiger charge is -2.32. The van der Waals surface area contributed by atoms with Crippen LogP contribution in [0.5, 0.6) is 0 Å². The van der Waals surface area contributed by atoms with Crippen LogP contribution in [0, 0.1) is 17.2 Å². The number of hydrogen-bond donors (Lipinski definition) is 3. The second-order valence-electron chi connectivity index (χ2n) is 14.4. The molecule has 0 radical (unpaired) electrons. The number of alkyl halides is 2. The van der Waals surface area contributed by atoms with Crippen LogP contribution in [-0.2, 0) is 33.9 Å². The van der Waals surface area contributed by atoms with Gasteiger partial charge in [-0.05, 0) is 74.5 Å². The Morgan fingerprint density at radius 3 is 2.41 bits per heavy atom. The standard InChI is InChI=1S/C33H44F3N5O4S/c1-32(2)18-27-29(46(44,45)19-32)23-4-3-5-26(23)41(27)22-16-24(34)28(30(37)42)25(17-22)39-21-8-6-20(7-9-21)31(43)38-12-15-40-13-10-33(35,36)11-14-40/h16-17,20-21,39H,3-15,18-19H2,1-2H3,(H2,37,42)(H,38,43). The van der Waals surface area contributed by atoms with E-state index in [4.69, 9.17) is 5.73 Å². The van der Waals surface area contributed by atoms with E-state index in [1.54, 1.807) is 6.07 Å². The highest BCUT2D eigenvalue weighted by atomic mass is 32.2. The van der Waals surface area contributed by atoms with Crippen LogP contribution in [0.2, 0.25) is 0 Å². The average Bonchev–Trinajstić information content (AvgIpc) is 3.53. The molecule has 3 heterocycles. The van der Waals surface area contributed by atoms with Gasteiger partial charge in [-0.2, -0.15) is 0 Å². The predicted octanol–water partition coefficient (Wildman–Crippen LogP) is 4.38. The summed E-state index contributed by atoms with van der Waals surface area (Å²) in [5.74, 6) is -4.46. The number of carbonyl (C=O) groups is 2. The van der Waals surface area contributed by atoms with Gasteiger partial charge in [-0.3, -0.25) is 9.59 Å². The molecule has 0 atom stereocenters. The second-order valence-corrected chi connectivity index (χ2v) is 16.3. The average molecular weight is 664 g/mol. The number of anilines is 1. The van der Waals surface area contributed by atoms with Crippen LogP contribution in [0.1, 0.15) is 86.1 Å². The molecule has 4 aliphatic rings. The Bertz CT molecular complexity index is 1640. The third-order valence-corrected chi connectivity index (χ3v) is 12.4. The molecule has 1 saturated carbocycles. The zero-order chi connectivity index (χ0) is 33.0. The summed E-state index contributed by atoms with van der Waals surface area (Å²) in [5, 5.41) is 6.29. The molecule has 13 heteroatoms. The molecule has 0 bridgehead atoms. The first-order chi connectivity index (χ1) is 21.6. The van der Waals surface area contributed by atoms with Crippen LogP contribution < -0.4 is 16.4 Å². The number of benzene rings is 1. The maximum atomic E-state index is 15.7. The number of sulfone groups is 1. The summed E-state index contributed by atoms with van der Waals surface area (Å²) in [7, 11) is -3.52. The van der Waals surface area contributed by atoms with Crippen LogP contribution in [-0.4, -0.2) is 73.6 Å². The topological polar surface area (TPSA) is 127 Å². The van der Waals surface area contributed by atoms with Gasteiger partial charge < -0.3 is 25.8 Å². The molecule has 2 aromatic rings. The Morgan fingerprint density at radius 2 is 1.74 bits per heavy atom. The SMILES string of the molecule is CC1(C)Cc2c(c3c(n2-c2cc(F)c(C(N)=O)c(NC4CCC(C(=O)NCCN5CCC(F)(F)CC5)CC4)c2)CCC3)S(=O)(=O)C1. The summed E-state index contributed by atoms with van der Waals surface area (Å²) in [4.78, 5) is 27.6. The van der Waals surface area contributed by atoms with Gasteiger partial charge in [0, 0.05) is 62.4 Å². The molecule has 2 aliphatic heterocycles. The number of nitrogens with one attached hydrogen (secondary N) is 2. The van der Waals surface area contributed by atoms with Crippen molar-refractivity contribution in [3.63, 3.8) is 0 Å². The van der Waals surface area contributed by atoms with Crippen LogP contribution in [0.4, 0.5) is 18.9 Å². The number of carbonyl (C=O) groups excluding carboxylic acids is 2. The number of piperidine rings is 1. The molecule has 2 aliphatic carbocycles. The normalized spacial score (nSPS) is 25.0. The second kappa shape index (κ2) is 12.2. The fraction of sp³-hybridized carbons (Fsp3) is 0.636. The summed E-state index contributed by atoms with van der Waals surface area (Å²) in [6, 6.07) is 2.84. The Balaban J connectivity index is 1.16. The minimum atomic E-state index is -3.52. The number of nitrogens with zero attached hydrogens (tertiary/aromatic N) is 2. The molecule has 1 aromatic carbocycles. The molecule has 46 heavy (non-hydrogen) atoms. The van der Waals surface area contributed by atoms with Crippen LogP contribution in [0.3, 0.4) is 0 Å². The molecule has 0 spiro atoms. The van der Waals surface area contributed by atoms with E-state index in [2.05, 4.69) is 10.6 Å². The van der Waals surface area contributed by atoms with E-state index in [0.717, 1.165) is 17.7 Å². The van der Waals surface area contributed by atoms with Crippen molar-refractivity contribution in [2.75, 3.05) is 37.2 Å². The molecular weight excluding hydrogens is 619 g/mol. The number of hydrogen-bond acceptors (Lipinski definition) is 6. The highest BCUT2D eigenvalue weighted by Crippen LogP contribution is 2.45. The van der Waals surface area contributed by atoms with Gasteiger partial charge in [0.15, 0.2) is 9.84 Å². The largest absolute Gasteiger partial charge is 0.382 e. The lowest BCUT2D eigenvalue weighted by molar-refractivity contribution is -0.126. The molecule has 4 N–H and O–H groups in total. The number of amides is 2. The van der Waals surface area contributed by atoms with Gasteiger partial charge in [-0.25, -0.2) is 21.6 Å². The fourth-order valence-corrected chi connectivity index (χ4v) is 10.4. The van der Waals surface area contributed by atoms with E-state index >= 15 is 4.39 Å². The molecule has 2 amide bonds. The van der Waals surface area contributed by atoms with E-state index in [-0.39, 0.29) is 47.7 Å². The number of likely N-dealkylation sites (tertiary alicyclic amines) is 1. The lowest BCUT2D eigenvalue weighted by Crippen LogP contribution is -2.44. The first-order valence-corrected chi connectivity index (χ1v) is 18.1. The van der Waals surface area contributed by atoms with Crippen molar-refractivity contribution in [2.45, 2.75) is 94.9 Å². The van der Waals surface area contributed by atoms with Crippen molar-refractivity contribution < 1.29 is 31.2 Å². The highest BCUT2D eigenvalue weighted by molar-refractivity contribution is 7.91. The van der Waals surface area contributed by atoms with Crippen LogP contribution in [0.15, 0.2) is 17.0 Å². The summed E-state index contributed by atoms with van der Waals surface area (Å²) >= 11 is 0. The lowest BCUT2D eigenvalue weighted by atomic mass is 9.85. The van der Waals surface area contributed by atoms with Gasteiger partial charge in [-0.15, -0.1) is 0 Å². The Kier molecular flexibility index (Phi) is 8.71. The van der Waals surface area contributed by atoms with E-state index in [0.29, 0.717) is 87.4 Å². The summed E-state index contributed by atoms with van der Waals surface area (Å²) in [5.41, 5.74) is 8.00. The van der Waals surface area contributed by atoms with E-state index in [1.807, 2.05) is 23.3 Å². The Hall–Kier alpha value is -3.06. The Morgan fingerprint density at radius 1 is 1.04 bits per heavy atom. The number of nitrogens with two attached hydrogens (primary N) is 1. The summed E-state index contributed by atoms with van der Waals surface area (Å²) in [6.45, 7) is 5.43. The minimum Gasteiger partial charge on any atom is -0.382 e. The van der Waals surface area contributed by atoms with Crippen LogP contribution >= 0.6 is 0 Å². The van der Waals surface area contributed by atoms with E-state index in [1.165, 1.54) is 6.07 Å². The van der Waals surface area contributed by atoms with Crippen molar-refractivity contribution in [1.29, 1.82) is 0 Å². The molecule has 252 valence electrons. The maximum absolute atomic E-state index is 15.7. The molecule has 1 aromatic heterocycles. The number of rotatable bonds is 8. The fourth-order valence-electron chi connectivity index (χ4n) is 7.98. The highest BCUT2D eigenvalue weighted by Gasteiger charge is 2.43. The first kappa shape index (κ1) is 32.9. The third-order valence-electron chi connectivity index (χ3n) is 10.2.